The van der Waals surface area contributed by atoms with Crippen LogP contribution in [0.25, 0.3) is 0 Å². The van der Waals surface area contributed by atoms with Gasteiger partial charge in [0.2, 0.25) is 0 Å². The minimum absolute atomic E-state index is 0.0314. The van der Waals surface area contributed by atoms with E-state index in [9.17, 15) is 4.79 Å². The molecule has 0 unspecified atom stereocenters. The fourth-order valence-electron chi connectivity index (χ4n) is 3.61. The van der Waals surface area contributed by atoms with Gasteiger partial charge in [-0.1, -0.05) is 6.92 Å². The fraction of sp³-hybridized carbons (Fsp3) is 0.632. The number of piperidine rings is 1. The third-order valence-corrected chi connectivity index (χ3v) is 5.03. The van der Waals surface area contributed by atoms with Crippen molar-refractivity contribution in [1.29, 1.82) is 0 Å². The Morgan fingerprint density at radius 2 is 2.00 bits per heavy atom. The van der Waals surface area contributed by atoms with E-state index >= 15 is 0 Å². The molecule has 1 fully saturated rings. The number of aryl methyl sites for hydroxylation is 3. The van der Waals surface area contributed by atoms with Gasteiger partial charge in [-0.25, -0.2) is 0 Å². The van der Waals surface area contributed by atoms with Crippen LogP contribution in [-0.4, -0.2) is 44.7 Å². The first-order valence-electron chi connectivity index (χ1n) is 9.46. The first kappa shape index (κ1) is 18.6. The number of rotatable bonds is 6. The summed E-state index contributed by atoms with van der Waals surface area (Å²) in [6.45, 7) is 11.6. The van der Waals surface area contributed by atoms with Crippen LogP contribution in [0.1, 0.15) is 59.7 Å². The third kappa shape index (κ3) is 4.15. The summed E-state index contributed by atoms with van der Waals surface area (Å²) >= 11 is 0. The summed E-state index contributed by atoms with van der Waals surface area (Å²) in [4.78, 5) is 14.8. The molecule has 3 heterocycles. The summed E-state index contributed by atoms with van der Waals surface area (Å²) in [6, 6.07) is 2.02. The van der Waals surface area contributed by atoms with Gasteiger partial charge in [0, 0.05) is 25.7 Å². The Hall–Kier alpha value is -2.15. The smallest absolute Gasteiger partial charge is 0.255 e. The topological polar surface area (TPSA) is 76.2 Å². The molecule has 0 radical (unpaired) electrons. The maximum Gasteiger partial charge on any atom is 0.255 e. The summed E-state index contributed by atoms with van der Waals surface area (Å²) < 4.78 is 7.66. The van der Waals surface area contributed by atoms with Crippen molar-refractivity contribution in [3.8, 4) is 0 Å². The van der Waals surface area contributed by atoms with E-state index in [1.165, 1.54) is 0 Å². The molecule has 0 saturated carbocycles. The zero-order valence-corrected chi connectivity index (χ0v) is 16.2. The van der Waals surface area contributed by atoms with Crippen LogP contribution in [-0.2, 0) is 13.1 Å². The number of furan rings is 1. The summed E-state index contributed by atoms with van der Waals surface area (Å²) in [5.41, 5.74) is 0.646. The van der Waals surface area contributed by atoms with Gasteiger partial charge in [0.05, 0.1) is 12.1 Å². The Labute approximate surface area is 154 Å². The highest BCUT2D eigenvalue weighted by molar-refractivity contribution is 5.95. The largest absolute Gasteiger partial charge is 0.466 e. The van der Waals surface area contributed by atoms with Crippen molar-refractivity contribution in [2.24, 2.45) is 0 Å². The lowest BCUT2D eigenvalue weighted by atomic mass is 10.0. The molecule has 26 heavy (non-hydrogen) atoms. The van der Waals surface area contributed by atoms with Gasteiger partial charge in [0.1, 0.15) is 23.2 Å². The maximum absolute atomic E-state index is 12.4. The number of carbonyl (C=O) groups is 1. The van der Waals surface area contributed by atoms with Crippen molar-refractivity contribution in [3.63, 3.8) is 0 Å². The summed E-state index contributed by atoms with van der Waals surface area (Å²) in [5, 5.41) is 11.7. The van der Waals surface area contributed by atoms with E-state index < -0.39 is 0 Å². The Morgan fingerprint density at radius 1 is 1.27 bits per heavy atom. The zero-order chi connectivity index (χ0) is 18.7. The van der Waals surface area contributed by atoms with E-state index in [0.717, 1.165) is 62.9 Å². The molecule has 7 nitrogen and oxygen atoms in total. The number of hydrogen-bond donors (Lipinski definition) is 1. The molecule has 2 aromatic heterocycles. The van der Waals surface area contributed by atoms with Gasteiger partial charge in [-0.2, -0.15) is 0 Å². The molecule has 3 rings (SSSR count). The van der Waals surface area contributed by atoms with Gasteiger partial charge >= 0.3 is 0 Å². The highest BCUT2D eigenvalue weighted by Gasteiger charge is 2.24. The third-order valence-electron chi connectivity index (χ3n) is 5.03. The molecule has 1 N–H and O–H groups in total. The highest BCUT2D eigenvalue weighted by Crippen LogP contribution is 2.17. The van der Waals surface area contributed by atoms with Crippen molar-refractivity contribution in [2.75, 3.05) is 13.1 Å². The second-order valence-corrected chi connectivity index (χ2v) is 7.17. The maximum atomic E-state index is 12.4. The number of nitrogens with one attached hydrogen (secondary N) is 1. The van der Waals surface area contributed by atoms with Crippen molar-refractivity contribution in [2.45, 2.75) is 66.1 Å². The highest BCUT2D eigenvalue weighted by atomic mass is 16.3. The predicted octanol–water partition coefficient (Wildman–Crippen LogP) is 2.60. The van der Waals surface area contributed by atoms with E-state index in [0.29, 0.717) is 11.3 Å². The van der Waals surface area contributed by atoms with Crippen LogP contribution < -0.4 is 5.32 Å². The Balaban J connectivity index is 1.51. The van der Waals surface area contributed by atoms with Gasteiger partial charge in [-0.15, -0.1) is 10.2 Å². The molecule has 1 aliphatic rings. The minimum atomic E-state index is -0.0314. The van der Waals surface area contributed by atoms with Crippen LogP contribution in [0.15, 0.2) is 10.5 Å². The van der Waals surface area contributed by atoms with Crippen molar-refractivity contribution < 1.29 is 9.21 Å². The SMILES string of the molecule is CCCn1c(C)nnc1CN1CCC(NC(=O)c2cc(C)oc2C)CC1. The number of aromatic nitrogens is 3. The summed E-state index contributed by atoms with van der Waals surface area (Å²) in [5.74, 6) is 3.44. The van der Waals surface area contributed by atoms with Crippen molar-refractivity contribution >= 4 is 5.91 Å². The van der Waals surface area contributed by atoms with Crippen LogP contribution in [0.3, 0.4) is 0 Å². The lowest BCUT2D eigenvalue weighted by Gasteiger charge is -2.32. The second-order valence-electron chi connectivity index (χ2n) is 7.17. The van der Waals surface area contributed by atoms with E-state index in [-0.39, 0.29) is 11.9 Å². The first-order valence-corrected chi connectivity index (χ1v) is 9.46. The standard InChI is InChI=1S/C19H29N5O2/c1-5-8-24-15(4)21-22-18(24)12-23-9-6-16(7-10-23)20-19(25)17-11-13(2)26-14(17)3/h11,16H,5-10,12H2,1-4H3,(H,20,25). The molecule has 2 aromatic rings. The molecule has 0 aliphatic carbocycles. The molecule has 7 heteroatoms. The van der Waals surface area contributed by atoms with Crippen LogP contribution in [0.2, 0.25) is 0 Å². The number of nitrogens with zero attached hydrogens (tertiary/aromatic N) is 4. The Morgan fingerprint density at radius 3 is 2.62 bits per heavy atom. The molecule has 0 spiro atoms. The Bertz CT molecular complexity index is 756. The van der Waals surface area contributed by atoms with E-state index in [2.05, 4.69) is 31.9 Å². The van der Waals surface area contributed by atoms with Crippen LogP contribution in [0.4, 0.5) is 0 Å². The number of hydrogen-bond acceptors (Lipinski definition) is 5. The molecule has 0 atom stereocenters. The first-order chi connectivity index (χ1) is 12.5. The van der Waals surface area contributed by atoms with Crippen molar-refractivity contribution in [3.05, 3.63) is 34.8 Å². The molecule has 1 saturated heterocycles. The number of likely N-dealkylation sites (tertiary alicyclic amines) is 1. The van der Waals surface area contributed by atoms with Gasteiger partial charge in [0.25, 0.3) is 5.91 Å². The monoisotopic (exact) mass is 359 g/mol. The van der Waals surface area contributed by atoms with Gasteiger partial charge in [0.15, 0.2) is 0 Å². The Kier molecular flexibility index (Phi) is 5.76. The van der Waals surface area contributed by atoms with E-state index in [4.69, 9.17) is 4.42 Å². The second kappa shape index (κ2) is 8.03. The summed E-state index contributed by atoms with van der Waals surface area (Å²) in [7, 11) is 0. The van der Waals surface area contributed by atoms with Gasteiger partial charge in [-0.05, 0) is 46.1 Å². The molecular weight excluding hydrogens is 330 g/mol. The molecule has 142 valence electrons. The normalized spacial score (nSPS) is 16.2. The van der Waals surface area contributed by atoms with Crippen LogP contribution in [0, 0.1) is 20.8 Å². The van der Waals surface area contributed by atoms with Gasteiger partial charge in [-0.3, -0.25) is 9.69 Å². The van der Waals surface area contributed by atoms with E-state index in [1.54, 1.807) is 0 Å². The molecular formula is C19H29N5O2. The average Bonchev–Trinajstić information content (AvgIpc) is 3.13. The average molecular weight is 359 g/mol. The fourth-order valence-corrected chi connectivity index (χ4v) is 3.61. The molecule has 1 aliphatic heterocycles. The molecule has 1 amide bonds. The minimum Gasteiger partial charge on any atom is -0.466 e. The van der Waals surface area contributed by atoms with Crippen LogP contribution >= 0.6 is 0 Å². The lowest BCUT2D eigenvalue weighted by molar-refractivity contribution is 0.0906. The molecule has 0 bridgehead atoms. The lowest BCUT2D eigenvalue weighted by Crippen LogP contribution is -2.44. The zero-order valence-electron chi connectivity index (χ0n) is 16.2. The molecule has 0 aromatic carbocycles. The van der Waals surface area contributed by atoms with E-state index in [1.807, 2.05) is 26.8 Å². The number of carbonyl (C=O) groups excluding carboxylic acids is 1. The summed E-state index contributed by atoms with van der Waals surface area (Å²) in [6.07, 6.45) is 2.97. The number of amides is 1. The van der Waals surface area contributed by atoms with Crippen molar-refractivity contribution in [1.82, 2.24) is 25.0 Å². The predicted molar refractivity (Wildman–Crippen MR) is 99.0 cm³/mol. The van der Waals surface area contributed by atoms with Gasteiger partial charge < -0.3 is 14.3 Å². The van der Waals surface area contributed by atoms with Crippen LogP contribution in [0.5, 0.6) is 0 Å². The quantitative estimate of drug-likeness (QED) is 0.858.